The molecule has 0 atom stereocenters. The maximum Gasteiger partial charge on any atom is 0.222 e. The second-order valence-corrected chi connectivity index (χ2v) is 5.78. The Morgan fingerprint density at radius 1 is 1.33 bits per heavy atom. The van der Waals surface area contributed by atoms with E-state index in [4.69, 9.17) is 5.11 Å². The Bertz CT molecular complexity index is 377. The SMILES string of the molecule is O=C(CCCSc1ccccc1)N1CC(CO)C1. The Kier molecular flexibility index (Phi) is 5.08. The molecule has 1 aliphatic rings. The highest BCUT2D eigenvalue weighted by atomic mass is 32.2. The topological polar surface area (TPSA) is 40.5 Å². The van der Waals surface area contributed by atoms with Gasteiger partial charge in [-0.1, -0.05) is 18.2 Å². The summed E-state index contributed by atoms with van der Waals surface area (Å²) in [6.07, 6.45) is 1.54. The third-order valence-corrected chi connectivity index (χ3v) is 4.21. The normalized spacial score (nSPS) is 15.5. The van der Waals surface area contributed by atoms with Gasteiger partial charge in [0.2, 0.25) is 5.91 Å². The molecule has 1 aromatic carbocycles. The van der Waals surface area contributed by atoms with Crippen LogP contribution < -0.4 is 0 Å². The quantitative estimate of drug-likeness (QED) is 0.632. The summed E-state index contributed by atoms with van der Waals surface area (Å²) in [7, 11) is 0. The molecule has 1 amide bonds. The number of aliphatic hydroxyl groups excluding tert-OH is 1. The Hall–Kier alpha value is -1.00. The average molecular weight is 265 g/mol. The van der Waals surface area contributed by atoms with Crippen LogP contribution in [-0.2, 0) is 4.79 Å². The first kappa shape index (κ1) is 13.4. The number of carbonyl (C=O) groups excluding carboxylic acids is 1. The highest BCUT2D eigenvalue weighted by molar-refractivity contribution is 7.99. The molecule has 4 heteroatoms. The van der Waals surface area contributed by atoms with Crippen LogP contribution in [0, 0.1) is 5.92 Å². The lowest BCUT2D eigenvalue weighted by Gasteiger charge is -2.38. The molecule has 1 aliphatic heterocycles. The van der Waals surface area contributed by atoms with Gasteiger partial charge in [-0.3, -0.25) is 4.79 Å². The Balaban J connectivity index is 1.57. The molecule has 2 rings (SSSR count). The molecule has 1 aromatic rings. The van der Waals surface area contributed by atoms with E-state index in [2.05, 4.69) is 12.1 Å². The zero-order chi connectivity index (χ0) is 12.8. The lowest BCUT2D eigenvalue weighted by atomic mass is 10.0. The lowest BCUT2D eigenvalue weighted by molar-refractivity contribution is -0.138. The first-order valence-corrected chi connectivity index (χ1v) is 7.34. The van der Waals surface area contributed by atoms with Crippen molar-refractivity contribution in [2.75, 3.05) is 25.4 Å². The highest BCUT2D eigenvalue weighted by Crippen LogP contribution is 2.20. The van der Waals surface area contributed by atoms with Gasteiger partial charge in [0, 0.05) is 36.9 Å². The van der Waals surface area contributed by atoms with Crippen LogP contribution in [-0.4, -0.2) is 41.4 Å². The minimum Gasteiger partial charge on any atom is -0.396 e. The molecule has 1 fully saturated rings. The van der Waals surface area contributed by atoms with E-state index in [1.165, 1.54) is 4.90 Å². The van der Waals surface area contributed by atoms with Crippen LogP contribution in [0.2, 0.25) is 0 Å². The predicted molar refractivity (Wildman–Crippen MR) is 73.6 cm³/mol. The third-order valence-electron chi connectivity index (χ3n) is 3.11. The number of aliphatic hydroxyl groups is 1. The van der Waals surface area contributed by atoms with Crippen molar-refractivity contribution in [3.8, 4) is 0 Å². The van der Waals surface area contributed by atoms with E-state index in [0.717, 1.165) is 25.3 Å². The predicted octanol–water partition coefficient (Wildman–Crippen LogP) is 2.01. The molecular formula is C14H19NO2S. The number of hydrogen-bond donors (Lipinski definition) is 1. The zero-order valence-corrected chi connectivity index (χ0v) is 11.2. The molecule has 0 unspecified atom stereocenters. The number of amides is 1. The van der Waals surface area contributed by atoms with Crippen molar-refractivity contribution in [1.82, 2.24) is 4.90 Å². The molecule has 0 radical (unpaired) electrons. The van der Waals surface area contributed by atoms with Crippen molar-refractivity contribution >= 4 is 17.7 Å². The van der Waals surface area contributed by atoms with E-state index >= 15 is 0 Å². The molecule has 3 nitrogen and oxygen atoms in total. The highest BCUT2D eigenvalue weighted by Gasteiger charge is 2.29. The van der Waals surface area contributed by atoms with Crippen molar-refractivity contribution in [3.05, 3.63) is 30.3 Å². The van der Waals surface area contributed by atoms with Crippen molar-refractivity contribution < 1.29 is 9.90 Å². The van der Waals surface area contributed by atoms with Crippen LogP contribution in [0.15, 0.2) is 35.2 Å². The molecule has 0 bridgehead atoms. The second kappa shape index (κ2) is 6.81. The minimum absolute atomic E-state index is 0.202. The molecule has 0 spiro atoms. The van der Waals surface area contributed by atoms with E-state index in [1.54, 1.807) is 11.8 Å². The van der Waals surface area contributed by atoms with Gasteiger partial charge >= 0.3 is 0 Å². The van der Waals surface area contributed by atoms with Crippen molar-refractivity contribution in [2.45, 2.75) is 17.7 Å². The van der Waals surface area contributed by atoms with Gasteiger partial charge in [0.05, 0.1) is 0 Å². The van der Waals surface area contributed by atoms with Gasteiger partial charge in [0.1, 0.15) is 0 Å². The molecule has 0 aliphatic carbocycles. The molecule has 0 saturated carbocycles. The molecule has 1 N–H and O–H groups in total. The Morgan fingerprint density at radius 3 is 2.72 bits per heavy atom. The number of nitrogens with zero attached hydrogens (tertiary/aromatic N) is 1. The molecular weight excluding hydrogens is 246 g/mol. The summed E-state index contributed by atoms with van der Waals surface area (Å²) in [5, 5.41) is 8.88. The van der Waals surface area contributed by atoms with Crippen LogP contribution in [0.3, 0.4) is 0 Å². The smallest absolute Gasteiger partial charge is 0.222 e. The van der Waals surface area contributed by atoms with E-state index in [0.29, 0.717) is 12.3 Å². The summed E-state index contributed by atoms with van der Waals surface area (Å²) in [4.78, 5) is 14.8. The second-order valence-electron chi connectivity index (χ2n) is 4.61. The van der Waals surface area contributed by atoms with Crippen LogP contribution >= 0.6 is 11.8 Å². The number of rotatable bonds is 6. The Labute approximate surface area is 112 Å². The summed E-state index contributed by atoms with van der Waals surface area (Å²) < 4.78 is 0. The molecule has 0 aromatic heterocycles. The molecule has 1 heterocycles. The first-order chi connectivity index (χ1) is 8.79. The first-order valence-electron chi connectivity index (χ1n) is 6.36. The summed E-state index contributed by atoms with van der Waals surface area (Å²) in [6.45, 7) is 1.68. The van der Waals surface area contributed by atoms with Gasteiger partial charge in [-0.15, -0.1) is 11.8 Å². The summed E-state index contributed by atoms with van der Waals surface area (Å²) in [5.41, 5.74) is 0. The molecule has 18 heavy (non-hydrogen) atoms. The van der Waals surface area contributed by atoms with Gasteiger partial charge in [-0.25, -0.2) is 0 Å². The van der Waals surface area contributed by atoms with Crippen molar-refractivity contribution in [1.29, 1.82) is 0 Å². The molecule has 98 valence electrons. The fourth-order valence-corrected chi connectivity index (χ4v) is 2.85. The van der Waals surface area contributed by atoms with Gasteiger partial charge in [-0.05, 0) is 24.3 Å². The standard InChI is InChI=1S/C14H19NO2S/c16-11-12-9-15(10-12)14(17)7-4-8-18-13-5-2-1-3-6-13/h1-3,5-6,12,16H,4,7-11H2. The summed E-state index contributed by atoms with van der Waals surface area (Å²) >= 11 is 1.79. The van der Waals surface area contributed by atoms with Gasteiger partial charge in [0.15, 0.2) is 0 Å². The van der Waals surface area contributed by atoms with Crippen LogP contribution in [0.1, 0.15) is 12.8 Å². The minimum atomic E-state index is 0.202. The number of likely N-dealkylation sites (tertiary alicyclic amines) is 1. The average Bonchev–Trinajstić information content (AvgIpc) is 2.35. The number of thioether (sulfide) groups is 1. The van der Waals surface area contributed by atoms with E-state index < -0.39 is 0 Å². The third kappa shape index (κ3) is 3.75. The number of carbonyl (C=O) groups is 1. The van der Waals surface area contributed by atoms with E-state index in [-0.39, 0.29) is 12.5 Å². The zero-order valence-electron chi connectivity index (χ0n) is 10.4. The van der Waals surface area contributed by atoms with Gasteiger partial charge < -0.3 is 10.0 Å². The Morgan fingerprint density at radius 2 is 2.06 bits per heavy atom. The largest absolute Gasteiger partial charge is 0.396 e. The van der Waals surface area contributed by atoms with E-state index in [9.17, 15) is 4.79 Å². The van der Waals surface area contributed by atoms with Crippen LogP contribution in [0.25, 0.3) is 0 Å². The maximum atomic E-state index is 11.7. The molecule has 1 saturated heterocycles. The monoisotopic (exact) mass is 265 g/mol. The maximum absolute atomic E-state index is 11.7. The fraction of sp³-hybridized carbons (Fsp3) is 0.500. The van der Waals surface area contributed by atoms with Crippen LogP contribution in [0.4, 0.5) is 0 Å². The van der Waals surface area contributed by atoms with Crippen LogP contribution in [0.5, 0.6) is 0 Å². The van der Waals surface area contributed by atoms with Crippen molar-refractivity contribution in [3.63, 3.8) is 0 Å². The van der Waals surface area contributed by atoms with Crippen molar-refractivity contribution in [2.24, 2.45) is 5.92 Å². The number of hydrogen-bond acceptors (Lipinski definition) is 3. The van der Waals surface area contributed by atoms with E-state index in [1.807, 2.05) is 23.1 Å². The summed E-state index contributed by atoms with van der Waals surface area (Å²) in [6, 6.07) is 10.3. The lowest BCUT2D eigenvalue weighted by Crippen LogP contribution is -2.51. The fourth-order valence-electron chi connectivity index (χ4n) is 1.98. The van der Waals surface area contributed by atoms with Gasteiger partial charge in [-0.2, -0.15) is 0 Å². The number of benzene rings is 1. The van der Waals surface area contributed by atoms with Gasteiger partial charge in [0.25, 0.3) is 0 Å². The summed E-state index contributed by atoms with van der Waals surface area (Å²) in [5.74, 6) is 1.52.